The molecule has 0 saturated carbocycles. The van der Waals surface area contributed by atoms with Gasteiger partial charge in [0.25, 0.3) is 0 Å². The van der Waals surface area contributed by atoms with E-state index in [0.717, 1.165) is 32.7 Å². The highest BCUT2D eigenvalue weighted by Crippen LogP contribution is 1.95. The Labute approximate surface area is 96.2 Å². The number of guanidine groups is 1. The van der Waals surface area contributed by atoms with Crippen molar-refractivity contribution in [2.75, 3.05) is 26.2 Å². The van der Waals surface area contributed by atoms with Gasteiger partial charge in [0.05, 0.1) is 0 Å². The number of nitrogens with zero attached hydrogens (tertiary/aromatic N) is 1. The van der Waals surface area contributed by atoms with Gasteiger partial charge in [0, 0.05) is 5.56 Å². The van der Waals surface area contributed by atoms with Crippen molar-refractivity contribution in [1.82, 2.24) is 0 Å². The first-order chi connectivity index (χ1) is 7.75. The molecule has 4 nitrogen and oxygen atoms in total. The van der Waals surface area contributed by atoms with Crippen LogP contribution in [-0.2, 0) is 6.54 Å². The van der Waals surface area contributed by atoms with Gasteiger partial charge < -0.3 is 4.90 Å². The summed E-state index contributed by atoms with van der Waals surface area (Å²) in [7, 11) is 0. The van der Waals surface area contributed by atoms with Gasteiger partial charge in [-0.3, -0.25) is 16.0 Å². The van der Waals surface area contributed by atoms with Gasteiger partial charge in [-0.1, -0.05) is 30.3 Å². The van der Waals surface area contributed by atoms with Gasteiger partial charge in [-0.25, -0.2) is 0 Å². The molecule has 5 N–H and O–H groups in total. The quantitative estimate of drug-likeness (QED) is 0.414. The van der Waals surface area contributed by atoms with Crippen LogP contribution in [0.4, 0.5) is 0 Å². The molecule has 0 aromatic heterocycles. The maximum absolute atomic E-state index is 5.58. The van der Waals surface area contributed by atoms with Crippen LogP contribution < -0.4 is 16.4 Å². The maximum Gasteiger partial charge on any atom is 0.341 e. The number of quaternary nitrogens is 1. The van der Waals surface area contributed by atoms with Gasteiger partial charge in [-0.15, -0.1) is 0 Å². The van der Waals surface area contributed by atoms with Gasteiger partial charge in [0.15, 0.2) is 0 Å². The first kappa shape index (κ1) is 11.0. The van der Waals surface area contributed by atoms with E-state index in [9.17, 15) is 0 Å². The number of hydrogen-bond acceptors (Lipinski definition) is 0. The van der Waals surface area contributed by atoms with Crippen LogP contribution >= 0.6 is 0 Å². The standard InChI is InChI=1S/C12H18N4/c13-12(14)16-8-6-15(7-9-16)10-11-4-2-1-3-5-11/h1-5H,6-10H2,(H3,13,14)/p+2. The third-order valence-corrected chi connectivity index (χ3v) is 3.13. The average Bonchev–Trinajstić information content (AvgIpc) is 2.31. The molecule has 2 rings (SSSR count). The Bertz CT molecular complexity index is 358. The van der Waals surface area contributed by atoms with Crippen LogP contribution in [0, 0.1) is 0 Å². The van der Waals surface area contributed by atoms with E-state index < -0.39 is 0 Å². The summed E-state index contributed by atoms with van der Waals surface area (Å²) in [4.78, 5) is 1.60. The Morgan fingerprint density at radius 3 is 2.31 bits per heavy atom. The fourth-order valence-electron chi connectivity index (χ4n) is 2.14. The highest BCUT2D eigenvalue weighted by molar-refractivity contribution is 5.70. The molecular formula is C12H20N4+2. The lowest BCUT2D eigenvalue weighted by atomic mass is 10.2. The maximum atomic E-state index is 5.58. The summed E-state index contributed by atoms with van der Waals surface area (Å²) in [5.74, 6) is 0.457. The van der Waals surface area contributed by atoms with Gasteiger partial charge in [0.2, 0.25) is 0 Å². The predicted octanol–water partition coefficient (Wildman–Crippen LogP) is -1.63. The zero-order valence-corrected chi connectivity index (χ0v) is 9.52. The number of hydrogen-bond donors (Lipinski definition) is 3. The smallest absolute Gasteiger partial charge is 0.326 e. The predicted molar refractivity (Wildman–Crippen MR) is 64.2 cm³/mol. The lowest BCUT2D eigenvalue weighted by Crippen LogP contribution is -3.13. The summed E-state index contributed by atoms with van der Waals surface area (Å²) in [5.41, 5.74) is 12.6. The molecule has 0 bridgehead atoms. The second kappa shape index (κ2) is 4.99. The van der Waals surface area contributed by atoms with E-state index in [0.29, 0.717) is 5.96 Å². The van der Waals surface area contributed by atoms with E-state index in [1.165, 1.54) is 5.56 Å². The summed E-state index contributed by atoms with van der Waals surface area (Å²) in [6.07, 6.45) is 0. The zero-order chi connectivity index (χ0) is 11.4. The van der Waals surface area contributed by atoms with E-state index in [-0.39, 0.29) is 0 Å². The summed E-state index contributed by atoms with van der Waals surface area (Å²) in [6, 6.07) is 10.6. The van der Waals surface area contributed by atoms with Gasteiger partial charge in [0.1, 0.15) is 32.7 Å². The molecule has 1 heterocycles. The number of piperazine rings is 1. The summed E-state index contributed by atoms with van der Waals surface area (Å²) in [5, 5.41) is 0. The zero-order valence-electron chi connectivity index (χ0n) is 9.52. The molecule has 0 radical (unpaired) electrons. The first-order valence-electron chi connectivity index (χ1n) is 5.76. The second-order valence-corrected chi connectivity index (χ2v) is 4.32. The van der Waals surface area contributed by atoms with Crippen molar-refractivity contribution < 1.29 is 9.48 Å². The van der Waals surface area contributed by atoms with Gasteiger partial charge >= 0.3 is 5.96 Å². The minimum atomic E-state index is 0.457. The highest BCUT2D eigenvalue weighted by Gasteiger charge is 2.19. The van der Waals surface area contributed by atoms with Crippen molar-refractivity contribution in [2.24, 2.45) is 11.5 Å². The van der Waals surface area contributed by atoms with Crippen LogP contribution in [0.2, 0.25) is 0 Å². The molecule has 0 spiro atoms. The van der Waals surface area contributed by atoms with Crippen LogP contribution in [0.25, 0.3) is 0 Å². The molecule has 4 heteroatoms. The summed E-state index contributed by atoms with van der Waals surface area (Å²) in [6.45, 7) is 5.23. The fraction of sp³-hybridized carbons (Fsp3) is 0.417. The minimum absolute atomic E-state index is 0.457. The minimum Gasteiger partial charge on any atom is -0.326 e. The Balaban J connectivity index is 1.89. The highest BCUT2D eigenvalue weighted by atomic mass is 15.2. The molecular weight excluding hydrogens is 200 g/mol. The second-order valence-electron chi connectivity index (χ2n) is 4.32. The molecule has 1 aliphatic rings. The molecule has 1 aliphatic heterocycles. The first-order valence-corrected chi connectivity index (χ1v) is 5.76. The van der Waals surface area contributed by atoms with Crippen LogP contribution in [-0.4, -0.2) is 36.7 Å². The monoisotopic (exact) mass is 220 g/mol. The van der Waals surface area contributed by atoms with Crippen LogP contribution in [0.5, 0.6) is 0 Å². The Kier molecular flexibility index (Phi) is 3.41. The SMILES string of the molecule is NC(N)=[N+]1CC[NH+](Cc2ccccc2)CC1. The molecule has 1 saturated heterocycles. The largest absolute Gasteiger partial charge is 0.341 e. The summed E-state index contributed by atoms with van der Waals surface area (Å²) < 4.78 is 2.05. The molecule has 0 atom stereocenters. The topological polar surface area (TPSA) is 59.5 Å². The third-order valence-electron chi connectivity index (χ3n) is 3.13. The Morgan fingerprint density at radius 1 is 1.12 bits per heavy atom. The van der Waals surface area contributed by atoms with E-state index in [1.54, 1.807) is 4.90 Å². The Morgan fingerprint density at radius 2 is 1.75 bits per heavy atom. The van der Waals surface area contributed by atoms with E-state index in [2.05, 4.69) is 34.9 Å². The third kappa shape index (κ3) is 2.73. The molecule has 0 amide bonds. The number of nitrogens with one attached hydrogen (secondary N) is 1. The molecule has 1 aromatic carbocycles. The fourth-order valence-corrected chi connectivity index (χ4v) is 2.14. The van der Waals surface area contributed by atoms with Crippen LogP contribution in [0.1, 0.15) is 5.56 Å². The van der Waals surface area contributed by atoms with Gasteiger partial charge in [-0.2, -0.15) is 0 Å². The van der Waals surface area contributed by atoms with Crippen molar-refractivity contribution in [1.29, 1.82) is 0 Å². The van der Waals surface area contributed by atoms with E-state index >= 15 is 0 Å². The number of rotatable bonds is 2. The lowest BCUT2D eigenvalue weighted by Gasteiger charge is -2.25. The van der Waals surface area contributed by atoms with E-state index in [4.69, 9.17) is 11.5 Å². The van der Waals surface area contributed by atoms with Crippen LogP contribution in [0.15, 0.2) is 30.3 Å². The van der Waals surface area contributed by atoms with Crippen molar-refractivity contribution in [3.8, 4) is 0 Å². The van der Waals surface area contributed by atoms with Crippen molar-refractivity contribution in [3.05, 3.63) is 35.9 Å². The van der Waals surface area contributed by atoms with Gasteiger partial charge in [-0.05, 0) is 0 Å². The molecule has 1 fully saturated rings. The average molecular weight is 220 g/mol. The number of benzene rings is 1. The number of nitrogens with two attached hydrogens (primary N) is 2. The Hall–Kier alpha value is -1.55. The lowest BCUT2D eigenvalue weighted by molar-refractivity contribution is -0.944. The molecule has 86 valence electrons. The normalized spacial score (nSPS) is 20.8. The van der Waals surface area contributed by atoms with Crippen molar-refractivity contribution in [3.63, 3.8) is 0 Å². The molecule has 0 aliphatic carbocycles. The molecule has 0 unspecified atom stereocenters. The molecule has 1 aromatic rings. The summed E-state index contributed by atoms with van der Waals surface area (Å²) >= 11 is 0. The van der Waals surface area contributed by atoms with Crippen molar-refractivity contribution in [2.45, 2.75) is 6.54 Å². The van der Waals surface area contributed by atoms with E-state index in [1.807, 2.05) is 0 Å². The van der Waals surface area contributed by atoms with Crippen molar-refractivity contribution >= 4 is 5.96 Å². The van der Waals surface area contributed by atoms with Crippen LogP contribution in [0.3, 0.4) is 0 Å². The molecule has 16 heavy (non-hydrogen) atoms.